The number of aliphatic imine (C=N–C) groups is 1. The van der Waals surface area contributed by atoms with E-state index in [1.807, 2.05) is 31.4 Å². The van der Waals surface area contributed by atoms with Gasteiger partial charge in [-0.25, -0.2) is 0 Å². The Morgan fingerprint density at radius 1 is 1.18 bits per heavy atom. The zero-order valence-corrected chi connectivity index (χ0v) is 18.3. The van der Waals surface area contributed by atoms with Crippen LogP contribution in [0, 0.1) is 5.92 Å². The van der Waals surface area contributed by atoms with E-state index in [4.69, 9.17) is 0 Å². The number of aryl methyl sites for hydroxylation is 1. The molecular weight excluding hydrogens is 340 g/mol. The monoisotopic (exact) mass is 378 g/mol. The number of likely N-dealkylation sites (N-methyl/N-ethyl adjacent to an activating group) is 1. The molecule has 0 saturated carbocycles. The molecule has 0 aromatic heterocycles. The molecule has 0 heterocycles. The fourth-order valence-electron chi connectivity index (χ4n) is 2.96. The van der Waals surface area contributed by atoms with Crippen molar-refractivity contribution in [3.63, 3.8) is 0 Å². The third kappa shape index (κ3) is 10.2. The van der Waals surface area contributed by atoms with Crippen molar-refractivity contribution in [1.29, 1.82) is 0 Å². The molecule has 1 atom stereocenters. The number of allylic oxidation sites excluding steroid dienone is 5. The average molecular weight is 379 g/mol. The van der Waals surface area contributed by atoms with Gasteiger partial charge < -0.3 is 0 Å². The molecule has 1 unspecified atom stereocenters. The van der Waals surface area contributed by atoms with Crippen molar-refractivity contribution in [2.24, 2.45) is 10.9 Å². The van der Waals surface area contributed by atoms with Crippen LogP contribution in [0.3, 0.4) is 0 Å². The SMILES string of the molecule is C=CC(/C=C/CN(CC)CCC(C)Cc1ccc(CC)cc1)=C\N=C\C=C\C. The summed E-state index contributed by atoms with van der Waals surface area (Å²) in [6, 6.07) is 9.10. The number of nitrogens with zero attached hydrogens (tertiary/aromatic N) is 2. The Morgan fingerprint density at radius 2 is 1.89 bits per heavy atom. The van der Waals surface area contributed by atoms with Crippen molar-refractivity contribution in [2.45, 2.75) is 47.0 Å². The van der Waals surface area contributed by atoms with Gasteiger partial charge in [-0.15, -0.1) is 0 Å². The first kappa shape index (κ1) is 23.8. The van der Waals surface area contributed by atoms with Crippen molar-refractivity contribution < 1.29 is 0 Å². The van der Waals surface area contributed by atoms with Gasteiger partial charge in [0, 0.05) is 19.0 Å². The van der Waals surface area contributed by atoms with E-state index >= 15 is 0 Å². The van der Waals surface area contributed by atoms with Gasteiger partial charge in [-0.05, 0) is 68.0 Å². The second-order valence-electron chi connectivity index (χ2n) is 7.22. The number of hydrogen-bond acceptors (Lipinski definition) is 2. The van der Waals surface area contributed by atoms with Gasteiger partial charge in [-0.3, -0.25) is 9.89 Å². The normalized spacial score (nSPS) is 14.0. The molecule has 0 radical (unpaired) electrons. The summed E-state index contributed by atoms with van der Waals surface area (Å²) in [7, 11) is 0. The van der Waals surface area contributed by atoms with Crippen LogP contribution in [-0.4, -0.2) is 30.7 Å². The Kier molecular flexibility index (Phi) is 12.6. The highest BCUT2D eigenvalue weighted by molar-refractivity contribution is 5.71. The molecule has 0 saturated heterocycles. The lowest BCUT2D eigenvalue weighted by molar-refractivity contribution is 0.291. The summed E-state index contributed by atoms with van der Waals surface area (Å²) in [6.07, 6.45) is 17.1. The topological polar surface area (TPSA) is 15.6 Å². The van der Waals surface area contributed by atoms with Gasteiger partial charge in [-0.1, -0.05) is 75.9 Å². The van der Waals surface area contributed by atoms with E-state index in [1.54, 1.807) is 6.21 Å². The number of hydrogen-bond donors (Lipinski definition) is 0. The van der Waals surface area contributed by atoms with Crippen molar-refractivity contribution in [2.75, 3.05) is 19.6 Å². The predicted molar refractivity (Wildman–Crippen MR) is 126 cm³/mol. The minimum absolute atomic E-state index is 0.690. The van der Waals surface area contributed by atoms with Crippen LogP contribution >= 0.6 is 0 Å². The highest BCUT2D eigenvalue weighted by Gasteiger charge is 2.07. The molecule has 152 valence electrons. The van der Waals surface area contributed by atoms with E-state index in [9.17, 15) is 0 Å². The summed E-state index contributed by atoms with van der Waals surface area (Å²) in [5.41, 5.74) is 3.90. The summed E-state index contributed by atoms with van der Waals surface area (Å²) in [5.74, 6) is 0.690. The standard InChI is InChI=1S/C26H38N2/c1-6-10-18-27-22-25(8-3)12-11-19-28(9-4)20-17-23(5)21-26-15-13-24(7-2)14-16-26/h6,8,10-16,18,22-23H,3,7,9,17,19-21H2,1-2,4-5H3/b10-6+,12-11+,25-22+,27-18+. The average Bonchev–Trinajstić information content (AvgIpc) is 2.72. The summed E-state index contributed by atoms with van der Waals surface area (Å²) < 4.78 is 0. The van der Waals surface area contributed by atoms with Crippen LogP contribution in [0.25, 0.3) is 0 Å². The van der Waals surface area contributed by atoms with Crippen LogP contribution < -0.4 is 0 Å². The molecule has 2 nitrogen and oxygen atoms in total. The molecule has 0 aliphatic heterocycles. The van der Waals surface area contributed by atoms with E-state index in [0.29, 0.717) is 5.92 Å². The van der Waals surface area contributed by atoms with Gasteiger partial charge in [0.2, 0.25) is 0 Å². The quantitative estimate of drug-likeness (QED) is 0.286. The van der Waals surface area contributed by atoms with Crippen molar-refractivity contribution in [1.82, 2.24) is 4.90 Å². The van der Waals surface area contributed by atoms with E-state index < -0.39 is 0 Å². The lowest BCUT2D eigenvalue weighted by atomic mass is 9.97. The van der Waals surface area contributed by atoms with Crippen LogP contribution in [0.2, 0.25) is 0 Å². The summed E-state index contributed by atoms with van der Waals surface area (Å²) in [4.78, 5) is 6.73. The van der Waals surface area contributed by atoms with Gasteiger partial charge in [0.1, 0.15) is 0 Å². The van der Waals surface area contributed by atoms with E-state index in [-0.39, 0.29) is 0 Å². The molecule has 0 fully saturated rings. The highest BCUT2D eigenvalue weighted by atomic mass is 15.1. The Balaban J connectivity index is 2.44. The van der Waals surface area contributed by atoms with Gasteiger partial charge >= 0.3 is 0 Å². The maximum Gasteiger partial charge on any atom is 0.0339 e. The van der Waals surface area contributed by atoms with Crippen LogP contribution in [0.15, 0.2) is 78.0 Å². The molecule has 1 aromatic carbocycles. The smallest absolute Gasteiger partial charge is 0.0339 e. The summed E-state index contributed by atoms with van der Waals surface area (Å²) in [5, 5.41) is 0. The Bertz CT molecular complexity index is 662. The maximum absolute atomic E-state index is 4.25. The Labute approximate surface area is 173 Å². The molecule has 0 aliphatic rings. The van der Waals surface area contributed by atoms with Gasteiger partial charge in [0.25, 0.3) is 0 Å². The first-order valence-electron chi connectivity index (χ1n) is 10.6. The summed E-state index contributed by atoms with van der Waals surface area (Å²) >= 11 is 0. The minimum atomic E-state index is 0.690. The lowest BCUT2D eigenvalue weighted by Crippen LogP contribution is -2.26. The van der Waals surface area contributed by atoms with Crippen LogP contribution in [0.5, 0.6) is 0 Å². The molecular formula is C26H38N2. The lowest BCUT2D eigenvalue weighted by Gasteiger charge is -2.21. The largest absolute Gasteiger partial charge is 0.300 e. The maximum atomic E-state index is 4.25. The van der Waals surface area contributed by atoms with Crippen LogP contribution in [-0.2, 0) is 12.8 Å². The van der Waals surface area contributed by atoms with Crippen LogP contribution in [0.4, 0.5) is 0 Å². The molecule has 2 heteroatoms. The van der Waals surface area contributed by atoms with Gasteiger partial charge in [-0.2, -0.15) is 0 Å². The first-order valence-corrected chi connectivity index (χ1v) is 10.6. The predicted octanol–water partition coefficient (Wildman–Crippen LogP) is 6.41. The molecule has 28 heavy (non-hydrogen) atoms. The molecule has 0 aliphatic carbocycles. The summed E-state index contributed by atoms with van der Waals surface area (Å²) in [6.45, 7) is 15.8. The fourth-order valence-corrected chi connectivity index (χ4v) is 2.96. The second kappa shape index (κ2) is 14.8. The second-order valence-corrected chi connectivity index (χ2v) is 7.22. The molecule has 0 bridgehead atoms. The highest BCUT2D eigenvalue weighted by Crippen LogP contribution is 2.14. The molecule has 0 spiro atoms. The molecule has 1 rings (SSSR count). The Morgan fingerprint density at radius 3 is 2.50 bits per heavy atom. The zero-order chi connectivity index (χ0) is 20.6. The zero-order valence-electron chi connectivity index (χ0n) is 18.3. The van der Waals surface area contributed by atoms with Crippen LogP contribution in [0.1, 0.15) is 45.2 Å². The van der Waals surface area contributed by atoms with E-state index in [1.165, 1.54) is 17.5 Å². The third-order valence-electron chi connectivity index (χ3n) is 4.90. The van der Waals surface area contributed by atoms with Gasteiger partial charge in [0.05, 0.1) is 0 Å². The van der Waals surface area contributed by atoms with E-state index in [2.05, 4.69) is 73.7 Å². The van der Waals surface area contributed by atoms with E-state index in [0.717, 1.165) is 38.0 Å². The molecule has 0 amide bonds. The fraction of sp³-hybridized carbons (Fsp3) is 0.423. The number of benzene rings is 1. The molecule has 0 N–H and O–H groups in total. The van der Waals surface area contributed by atoms with Gasteiger partial charge in [0.15, 0.2) is 0 Å². The first-order chi connectivity index (χ1) is 13.6. The molecule has 1 aromatic rings. The third-order valence-corrected chi connectivity index (χ3v) is 4.90. The minimum Gasteiger partial charge on any atom is -0.300 e. The number of rotatable bonds is 13. The van der Waals surface area contributed by atoms with Crippen molar-refractivity contribution >= 4 is 6.21 Å². The van der Waals surface area contributed by atoms with Crippen molar-refractivity contribution in [3.8, 4) is 0 Å². The Hall–Kier alpha value is -2.19. The van der Waals surface area contributed by atoms with Crippen molar-refractivity contribution in [3.05, 3.63) is 84.1 Å².